The van der Waals surface area contributed by atoms with Crippen molar-refractivity contribution in [3.8, 4) is 0 Å². The first kappa shape index (κ1) is 13.1. The number of hydrogen-bond acceptors (Lipinski definition) is 3. The number of esters is 1. The molecule has 0 N–H and O–H groups in total. The van der Waals surface area contributed by atoms with Gasteiger partial charge in [0.2, 0.25) is 0 Å². The summed E-state index contributed by atoms with van der Waals surface area (Å²) in [6, 6.07) is 2.67. The molecule has 0 radical (unpaired) electrons. The second-order valence-electron chi connectivity index (χ2n) is 4.20. The number of nitrogens with zero attached hydrogens (tertiary/aromatic N) is 1. The fourth-order valence-corrected chi connectivity index (χ4v) is 2.33. The third-order valence-electron chi connectivity index (χ3n) is 2.98. The summed E-state index contributed by atoms with van der Waals surface area (Å²) in [7, 11) is 0. The van der Waals surface area contributed by atoms with E-state index in [2.05, 4.69) is 0 Å². The lowest BCUT2D eigenvalue weighted by atomic mass is 10.1. The van der Waals surface area contributed by atoms with Crippen molar-refractivity contribution in [3.05, 3.63) is 28.5 Å². The summed E-state index contributed by atoms with van der Waals surface area (Å²) in [5.74, 6) is -0.905. The van der Waals surface area contributed by atoms with Crippen LogP contribution in [0.5, 0.6) is 0 Å². The van der Waals surface area contributed by atoms with Crippen molar-refractivity contribution in [2.24, 2.45) is 0 Å². The van der Waals surface area contributed by atoms with Gasteiger partial charge in [-0.05, 0) is 31.9 Å². The Kier molecular flexibility index (Phi) is 4.07. The molecule has 18 heavy (non-hydrogen) atoms. The van der Waals surface area contributed by atoms with Crippen LogP contribution in [0.15, 0.2) is 12.1 Å². The minimum Gasteiger partial charge on any atom is -0.462 e. The van der Waals surface area contributed by atoms with Gasteiger partial charge in [0.25, 0.3) is 0 Å². The Morgan fingerprint density at radius 2 is 2.11 bits per heavy atom. The number of hydrogen-bond donors (Lipinski definition) is 0. The molecule has 0 bridgehead atoms. The Morgan fingerprint density at radius 3 is 2.72 bits per heavy atom. The molecule has 0 amide bonds. The van der Waals surface area contributed by atoms with Gasteiger partial charge in [0, 0.05) is 13.1 Å². The van der Waals surface area contributed by atoms with E-state index in [1.165, 1.54) is 12.1 Å². The van der Waals surface area contributed by atoms with Crippen LogP contribution >= 0.6 is 11.6 Å². The summed E-state index contributed by atoms with van der Waals surface area (Å²) in [4.78, 5) is 13.6. The molecule has 0 saturated carbocycles. The molecule has 1 aliphatic rings. The van der Waals surface area contributed by atoms with Crippen LogP contribution in [0.1, 0.15) is 30.1 Å². The maximum atomic E-state index is 13.9. The lowest BCUT2D eigenvalue weighted by Gasteiger charge is -2.19. The van der Waals surface area contributed by atoms with E-state index in [1.807, 2.05) is 4.90 Å². The van der Waals surface area contributed by atoms with Crippen LogP contribution in [-0.4, -0.2) is 25.7 Å². The molecular weight excluding hydrogens is 257 g/mol. The van der Waals surface area contributed by atoms with Crippen LogP contribution in [0.2, 0.25) is 5.02 Å². The largest absolute Gasteiger partial charge is 0.462 e. The lowest BCUT2D eigenvalue weighted by molar-refractivity contribution is 0.0526. The van der Waals surface area contributed by atoms with Crippen LogP contribution in [0.3, 0.4) is 0 Å². The Morgan fingerprint density at radius 1 is 1.44 bits per heavy atom. The Balaban J connectivity index is 2.35. The molecule has 0 unspecified atom stereocenters. The standard InChI is InChI=1S/C13H15ClFNO2/c1-2-18-13(17)9-7-12(11(15)8-10(9)14)16-5-3-4-6-16/h7-8H,2-6H2,1H3. The zero-order valence-corrected chi connectivity index (χ0v) is 11.0. The summed E-state index contributed by atoms with van der Waals surface area (Å²) in [6.45, 7) is 3.60. The van der Waals surface area contributed by atoms with Gasteiger partial charge in [-0.3, -0.25) is 0 Å². The zero-order valence-electron chi connectivity index (χ0n) is 10.2. The predicted molar refractivity (Wildman–Crippen MR) is 68.8 cm³/mol. The second kappa shape index (κ2) is 5.57. The fraction of sp³-hybridized carbons (Fsp3) is 0.462. The maximum absolute atomic E-state index is 13.9. The van der Waals surface area contributed by atoms with Gasteiger partial charge in [-0.25, -0.2) is 9.18 Å². The molecule has 0 aromatic heterocycles. The third kappa shape index (κ3) is 2.58. The van der Waals surface area contributed by atoms with Gasteiger partial charge in [0.05, 0.1) is 22.9 Å². The lowest BCUT2D eigenvalue weighted by Crippen LogP contribution is -2.20. The molecule has 2 rings (SSSR count). The minimum atomic E-state index is -0.511. The molecular formula is C13H15ClFNO2. The first-order chi connectivity index (χ1) is 8.63. The van der Waals surface area contributed by atoms with E-state index in [0.29, 0.717) is 5.69 Å². The number of carbonyl (C=O) groups excluding carboxylic acids is 1. The quantitative estimate of drug-likeness (QED) is 0.791. The number of ether oxygens (including phenoxy) is 1. The van der Waals surface area contributed by atoms with Gasteiger partial charge in [0.15, 0.2) is 0 Å². The second-order valence-corrected chi connectivity index (χ2v) is 4.61. The molecule has 1 fully saturated rings. The Labute approximate surface area is 110 Å². The number of benzene rings is 1. The van der Waals surface area contributed by atoms with Gasteiger partial charge in [0.1, 0.15) is 5.82 Å². The Hall–Kier alpha value is -1.29. The van der Waals surface area contributed by atoms with Crippen LogP contribution in [-0.2, 0) is 4.74 Å². The van der Waals surface area contributed by atoms with Crippen molar-refractivity contribution in [1.82, 2.24) is 0 Å². The van der Waals surface area contributed by atoms with Crippen molar-refractivity contribution in [2.75, 3.05) is 24.6 Å². The zero-order chi connectivity index (χ0) is 13.1. The molecule has 1 aromatic rings. The smallest absolute Gasteiger partial charge is 0.339 e. The fourth-order valence-electron chi connectivity index (χ4n) is 2.10. The molecule has 98 valence electrons. The molecule has 1 aromatic carbocycles. The van der Waals surface area contributed by atoms with Gasteiger partial charge >= 0.3 is 5.97 Å². The van der Waals surface area contributed by atoms with Crippen molar-refractivity contribution in [1.29, 1.82) is 0 Å². The van der Waals surface area contributed by atoms with Gasteiger partial charge < -0.3 is 9.64 Å². The van der Waals surface area contributed by atoms with Crippen LogP contribution in [0.4, 0.5) is 10.1 Å². The average molecular weight is 272 g/mol. The summed E-state index contributed by atoms with van der Waals surface area (Å²) in [5, 5.41) is 0.0916. The number of rotatable bonds is 3. The highest BCUT2D eigenvalue weighted by Gasteiger charge is 2.21. The van der Waals surface area contributed by atoms with Crippen molar-refractivity contribution in [3.63, 3.8) is 0 Å². The summed E-state index contributed by atoms with van der Waals surface area (Å²) in [6.07, 6.45) is 2.08. The van der Waals surface area contributed by atoms with Crippen LogP contribution in [0.25, 0.3) is 0 Å². The molecule has 1 aliphatic heterocycles. The van der Waals surface area contributed by atoms with Crippen molar-refractivity contribution < 1.29 is 13.9 Å². The summed E-state index contributed by atoms with van der Waals surface area (Å²) in [5.41, 5.74) is 0.654. The molecule has 1 heterocycles. The van der Waals surface area contributed by atoms with E-state index < -0.39 is 11.8 Å². The minimum absolute atomic E-state index is 0.0916. The topological polar surface area (TPSA) is 29.5 Å². The van der Waals surface area contributed by atoms with Crippen molar-refractivity contribution in [2.45, 2.75) is 19.8 Å². The first-order valence-corrected chi connectivity index (χ1v) is 6.42. The summed E-state index contributed by atoms with van der Waals surface area (Å²) < 4.78 is 18.8. The van der Waals surface area contributed by atoms with Crippen molar-refractivity contribution >= 4 is 23.3 Å². The summed E-state index contributed by atoms with van der Waals surface area (Å²) >= 11 is 5.88. The monoisotopic (exact) mass is 271 g/mol. The van der Waals surface area contributed by atoms with Gasteiger partial charge in [-0.2, -0.15) is 0 Å². The highest BCUT2D eigenvalue weighted by atomic mass is 35.5. The number of anilines is 1. The molecule has 1 saturated heterocycles. The Bertz CT molecular complexity index is 459. The normalized spacial score (nSPS) is 14.9. The molecule has 0 aliphatic carbocycles. The van der Waals surface area contributed by atoms with Crippen LogP contribution < -0.4 is 4.90 Å². The predicted octanol–water partition coefficient (Wildman–Crippen LogP) is 3.26. The van der Waals surface area contributed by atoms with Gasteiger partial charge in [-0.15, -0.1) is 0 Å². The van der Waals surface area contributed by atoms with E-state index in [4.69, 9.17) is 16.3 Å². The highest BCUT2D eigenvalue weighted by molar-refractivity contribution is 6.33. The molecule has 0 spiro atoms. The highest BCUT2D eigenvalue weighted by Crippen LogP contribution is 2.29. The maximum Gasteiger partial charge on any atom is 0.339 e. The van der Waals surface area contributed by atoms with E-state index in [1.54, 1.807) is 6.92 Å². The number of carbonyl (C=O) groups is 1. The molecule has 0 atom stereocenters. The third-order valence-corrected chi connectivity index (χ3v) is 3.29. The van der Waals surface area contributed by atoms with E-state index in [9.17, 15) is 9.18 Å². The van der Waals surface area contributed by atoms with E-state index in [0.717, 1.165) is 25.9 Å². The number of halogens is 2. The average Bonchev–Trinajstić information content (AvgIpc) is 2.82. The van der Waals surface area contributed by atoms with E-state index in [-0.39, 0.29) is 17.2 Å². The van der Waals surface area contributed by atoms with Gasteiger partial charge in [-0.1, -0.05) is 11.6 Å². The molecule has 5 heteroatoms. The molecule has 3 nitrogen and oxygen atoms in total. The first-order valence-electron chi connectivity index (χ1n) is 6.04. The van der Waals surface area contributed by atoms with Crippen LogP contribution in [0, 0.1) is 5.82 Å². The van der Waals surface area contributed by atoms with E-state index >= 15 is 0 Å². The SMILES string of the molecule is CCOC(=O)c1cc(N2CCCC2)c(F)cc1Cl.